The lowest BCUT2D eigenvalue weighted by molar-refractivity contribution is 0.0617. The van der Waals surface area contributed by atoms with Crippen molar-refractivity contribution in [1.82, 2.24) is 5.32 Å². The molecule has 0 spiro atoms. The fourth-order valence-corrected chi connectivity index (χ4v) is 3.89. The lowest BCUT2D eigenvalue weighted by atomic mass is 9.89. The van der Waals surface area contributed by atoms with E-state index in [0.29, 0.717) is 12.0 Å². The Morgan fingerprint density at radius 3 is 2.52 bits per heavy atom. The number of methoxy groups -OCH3 is 2. The molecule has 5 heteroatoms. The summed E-state index contributed by atoms with van der Waals surface area (Å²) in [6.07, 6.45) is 0.685. The van der Waals surface area contributed by atoms with Gasteiger partial charge in [0.25, 0.3) is 5.91 Å². The first-order valence-corrected chi connectivity index (χ1v) is 10.0. The van der Waals surface area contributed by atoms with Crippen molar-refractivity contribution in [2.24, 2.45) is 0 Å². The van der Waals surface area contributed by atoms with E-state index >= 15 is 0 Å². The lowest BCUT2D eigenvalue weighted by Gasteiger charge is -2.38. The maximum absolute atomic E-state index is 13.2. The Bertz CT molecular complexity index is 917. The van der Waals surface area contributed by atoms with Gasteiger partial charge in [0.1, 0.15) is 22.8 Å². The third kappa shape index (κ3) is 4.34. The van der Waals surface area contributed by atoms with Crippen LogP contribution in [0.25, 0.3) is 0 Å². The average Bonchev–Trinajstić information content (AvgIpc) is 2.65. The van der Waals surface area contributed by atoms with E-state index in [1.807, 2.05) is 51.1 Å². The van der Waals surface area contributed by atoms with Crippen LogP contribution in [0.15, 0.2) is 30.3 Å². The molecule has 5 nitrogen and oxygen atoms in total. The highest BCUT2D eigenvalue weighted by atomic mass is 16.5. The van der Waals surface area contributed by atoms with Crippen LogP contribution in [0.5, 0.6) is 17.2 Å². The Morgan fingerprint density at radius 1 is 1.17 bits per heavy atom. The number of nitrogens with one attached hydrogen (secondary N) is 1. The maximum Gasteiger partial charge on any atom is 0.252 e. The Balaban J connectivity index is 1.94. The molecule has 1 aliphatic rings. The van der Waals surface area contributed by atoms with E-state index < -0.39 is 5.60 Å². The summed E-state index contributed by atoms with van der Waals surface area (Å²) in [7, 11) is 3.30. The monoisotopic (exact) mass is 397 g/mol. The van der Waals surface area contributed by atoms with Gasteiger partial charge in [-0.1, -0.05) is 13.8 Å². The van der Waals surface area contributed by atoms with E-state index in [-0.39, 0.29) is 17.9 Å². The van der Waals surface area contributed by atoms with Gasteiger partial charge in [0, 0.05) is 23.6 Å². The molecule has 29 heavy (non-hydrogen) atoms. The van der Waals surface area contributed by atoms with Gasteiger partial charge in [-0.2, -0.15) is 0 Å². The van der Waals surface area contributed by atoms with Crippen LogP contribution in [0.3, 0.4) is 0 Å². The third-order valence-corrected chi connectivity index (χ3v) is 5.43. The normalized spacial score (nSPS) is 17.3. The lowest BCUT2D eigenvalue weighted by Crippen LogP contribution is -2.41. The molecule has 1 N–H and O–H groups in total. The van der Waals surface area contributed by atoms with E-state index in [2.05, 4.69) is 19.2 Å². The van der Waals surface area contributed by atoms with Gasteiger partial charge in [-0.25, -0.2) is 0 Å². The minimum absolute atomic E-state index is 0.0866. The predicted octanol–water partition coefficient (Wildman–Crippen LogP) is 5.17. The van der Waals surface area contributed by atoms with Gasteiger partial charge in [0.05, 0.1) is 20.3 Å². The highest BCUT2D eigenvalue weighted by molar-refractivity contribution is 5.96. The average molecular weight is 398 g/mol. The second-order valence-corrected chi connectivity index (χ2v) is 8.56. The van der Waals surface area contributed by atoms with E-state index in [4.69, 9.17) is 14.2 Å². The molecule has 156 valence electrons. The predicted molar refractivity (Wildman–Crippen MR) is 114 cm³/mol. The van der Waals surface area contributed by atoms with Crippen LogP contribution in [0, 0.1) is 6.92 Å². The van der Waals surface area contributed by atoms with Gasteiger partial charge in [-0.05, 0) is 62.1 Å². The Hall–Kier alpha value is -2.69. The quantitative estimate of drug-likeness (QED) is 0.756. The van der Waals surface area contributed by atoms with Crippen LogP contribution in [0.1, 0.15) is 73.1 Å². The number of hydrogen-bond acceptors (Lipinski definition) is 4. The van der Waals surface area contributed by atoms with Crippen molar-refractivity contribution < 1.29 is 19.0 Å². The van der Waals surface area contributed by atoms with Gasteiger partial charge in [-0.15, -0.1) is 0 Å². The highest BCUT2D eigenvalue weighted by Gasteiger charge is 2.35. The molecule has 0 bridgehead atoms. The van der Waals surface area contributed by atoms with Crippen molar-refractivity contribution in [2.45, 2.75) is 58.6 Å². The fraction of sp³-hybridized carbons (Fsp3) is 0.458. The topological polar surface area (TPSA) is 56.8 Å². The number of aryl methyl sites for hydroxylation is 1. The minimum atomic E-state index is -0.393. The first-order chi connectivity index (χ1) is 13.6. The largest absolute Gasteiger partial charge is 0.497 e. The number of benzene rings is 2. The molecule has 0 radical (unpaired) electrons. The molecular weight excluding hydrogens is 366 g/mol. The van der Waals surface area contributed by atoms with Crippen LogP contribution < -0.4 is 19.5 Å². The fourth-order valence-electron chi connectivity index (χ4n) is 3.89. The van der Waals surface area contributed by atoms with Gasteiger partial charge >= 0.3 is 0 Å². The summed E-state index contributed by atoms with van der Waals surface area (Å²) in [5.74, 6) is 2.47. The number of hydrogen-bond donors (Lipinski definition) is 1. The number of carbonyl (C=O) groups excluding carboxylic acids is 1. The Kier molecular flexibility index (Phi) is 5.78. The molecule has 0 aliphatic carbocycles. The molecule has 0 aromatic heterocycles. The summed E-state index contributed by atoms with van der Waals surface area (Å²) in [4.78, 5) is 13.2. The molecular formula is C24H31NO4. The zero-order valence-electron chi connectivity index (χ0n) is 18.4. The third-order valence-electron chi connectivity index (χ3n) is 5.43. The van der Waals surface area contributed by atoms with Crippen molar-refractivity contribution in [3.05, 3.63) is 52.6 Å². The van der Waals surface area contributed by atoms with Crippen LogP contribution in [-0.2, 0) is 0 Å². The van der Waals surface area contributed by atoms with Gasteiger partial charge in [-0.3, -0.25) is 4.79 Å². The van der Waals surface area contributed by atoms with Crippen molar-refractivity contribution in [1.29, 1.82) is 0 Å². The summed E-state index contributed by atoms with van der Waals surface area (Å²) >= 11 is 0. The van der Waals surface area contributed by atoms with Crippen LogP contribution in [0.2, 0.25) is 0 Å². The summed E-state index contributed by atoms with van der Waals surface area (Å²) in [5, 5.41) is 3.23. The number of rotatable bonds is 5. The molecule has 1 atom stereocenters. The van der Waals surface area contributed by atoms with Gasteiger partial charge < -0.3 is 19.5 Å². The van der Waals surface area contributed by atoms with Crippen molar-refractivity contribution >= 4 is 5.91 Å². The first-order valence-electron chi connectivity index (χ1n) is 10.0. The molecule has 1 amide bonds. The second-order valence-electron chi connectivity index (χ2n) is 8.56. The van der Waals surface area contributed by atoms with E-state index in [1.54, 1.807) is 14.2 Å². The second kappa shape index (κ2) is 7.97. The van der Waals surface area contributed by atoms with E-state index in [9.17, 15) is 4.79 Å². The number of fused-ring (bicyclic) bond motifs is 1. The number of carbonyl (C=O) groups is 1. The summed E-state index contributed by atoms with van der Waals surface area (Å²) in [6, 6.07) is 9.50. The SMILES string of the molecule is COc1ccc2c(c1)OC(C)(C)CC2NC(=O)c1cc(C(C)C)c(OC)cc1C. The molecule has 0 fully saturated rings. The molecule has 1 heterocycles. The van der Waals surface area contributed by atoms with Crippen LogP contribution >= 0.6 is 0 Å². The van der Waals surface area contributed by atoms with Crippen molar-refractivity contribution in [3.8, 4) is 17.2 Å². The zero-order valence-corrected chi connectivity index (χ0v) is 18.4. The molecule has 3 rings (SSSR count). The summed E-state index contributed by atoms with van der Waals surface area (Å²) in [6.45, 7) is 10.2. The highest BCUT2D eigenvalue weighted by Crippen LogP contribution is 2.41. The molecule has 1 aliphatic heterocycles. The Labute approximate surface area is 173 Å². The summed E-state index contributed by atoms with van der Waals surface area (Å²) < 4.78 is 17.0. The molecule has 0 saturated heterocycles. The van der Waals surface area contributed by atoms with E-state index in [1.165, 1.54) is 0 Å². The van der Waals surface area contributed by atoms with Crippen molar-refractivity contribution in [2.75, 3.05) is 14.2 Å². The van der Waals surface area contributed by atoms with Crippen LogP contribution in [-0.4, -0.2) is 25.7 Å². The van der Waals surface area contributed by atoms with Gasteiger partial charge in [0.2, 0.25) is 0 Å². The first kappa shape index (κ1) is 21.0. The standard InChI is InChI=1S/C24H31NO4/c1-14(2)18-12-19(15(3)10-21(18)28-7)23(26)25-20-13-24(4,5)29-22-11-16(27-6)8-9-17(20)22/h8-12,14,20H,13H2,1-7H3,(H,25,26). The zero-order chi connectivity index (χ0) is 21.3. The molecule has 2 aromatic carbocycles. The number of ether oxygens (including phenoxy) is 3. The molecule has 1 unspecified atom stereocenters. The maximum atomic E-state index is 13.2. The van der Waals surface area contributed by atoms with Crippen molar-refractivity contribution in [3.63, 3.8) is 0 Å². The minimum Gasteiger partial charge on any atom is -0.497 e. The summed E-state index contributed by atoms with van der Waals surface area (Å²) in [5.41, 5.74) is 3.17. The Morgan fingerprint density at radius 2 is 1.90 bits per heavy atom. The smallest absolute Gasteiger partial charge is 0.252 e. The molecule has 2 aromatic rings. The van der Waals surface area contributed by atoms with Crippen LogP contribution in [0.4, 0.5) is 0 Å². The van der Waals surface area contributed by atoms with Gasteiger partial charge in [0.15, 0.2) is 0 Å². The molecule has 0 saturated carbocycles. The number of amides is 1. The van der Waals surface area contributed by atoms with E-state index in [0.717, 1.165) is 33.9 Å².